The molecule has 1 aliphatic heterocycles. The zero-order valence-electron chi connectivity index (χ0n) is 6.61. The van der Waals surface area contributed by atoms with Crippen molar-refractivity contribution in [2.75, 3.05) is 6.61 Å². The zero-order valence-corrected chi connectivity index (χ0v) is 6.61. The van der Waals surface area contributed by atoms with Crippen molar-refractivity contribution in [3.63, 3.8) is 0 Å². The molecule has 68 valence electrons. The molecule has 6 heteroatoms. The van der Waals surface area contributed by atoms with Gasteiger partial charge < -0.3 is 14.7 Å². The fourth-order valence-electron chi connectivity index (χ4n) is 0.823. The van der Waals surface area contributed by atoms with Crippen LogP contribution in [-0.2, 0) is 9.57 Å². The highest BCUT2D eigenvalue weighted by Crippen LogP contribution is 2.08. The van der Waals surface area contributed by atoms with E-state index in [1.165, 1.54) is 0 Å². The standard InChI is InChI=1S/C6H10N2O4/c1-2-11-5-3-4(12-8-5)7-6(9)10/h4,7H,2-3H2,1H3,(H,9,10). The molecule has 1 aliphatic rings. The lowest BCUT2D eigenvalue weighted by atomic mass is 10.4. The molecule has 1 amide bonds. The van der Waals surface area contributed by atoms with E-state index in [-0.39, 0.29) is 0 Å². The molecule has 0 radical (unpaired) electrons. The summed E-state index contributed by atoms with van der Waals surface area (Å²) >= 11 is 0. The Hall–Kier alpha value is -1.46. The van der Waals surface area contributed by atoms with Crippen molar-refractivity contribution in [1.29, 1.82) is 0 Å². The second-order valence-corrected chi connectivity index (χ2v) is 2.17. The van der Waals surface area contributed by atoms with Crippen LogP contribution < -0.4 is 5.32 Å². The second-order valence-electron chi connectivity index (χ2n) is 2.17. The van der Waals surface area contributed by atoms with Gasteiger partial charge in [-0.1, -0.05) is 0 Å². The van der Waals surface area contributed by atoms with E-state index in [0.29, 0.717) is 18.9 Å². The number of nitrogens with one attached hydrogen (secondary N) is 1. The number of oxime groups is 1. The van der Waals surface area contributed by atoms with E-state index < -0.39 is 12.3 Å². The average molecular weight is 174 g/mol. The Morgan fingerprint density at radius 1 is 2.00 bits per heavy atom. The Labute approximate surface area is 69.1 Å². The summed E-state index contributed by atoms with van der Waals surface area (Å²) in [5.41, 5.74) is 0. The smallest absolute Gasteiger partial charge is 0.407 e. The fourth-order valence-corrected chi connectivity index (χ4v) is 0.823. The largest absolute Gasteiger partial charge is 0.479 e. The van der Waals surface area contributed by atoms with E-state index in [0.717, 1.165) is 0 Å². The highest BCUT2D eigenvalue weighted by Gasteiger charge is 2.23. The van der Waals surface area contributed by atoms with Crippen LogP contribution in [0.5, 0.6) is 0 Å². The summed E-state index contributed by atoms with van der Waals surface area (Å²) in [6, 6.07) is 0. The van der Waals surface area contributed by atoms with Crippen molar-refractivity contribution in [3.8, 4) is 0 Å². The van der Waals surface area contributed by atoms with Crippen LogP contribution in [-0.4, -0.2) is 29.9 Å². The minimum Gasteiger partial charge on any atom is -0.479 e. The molecule has 0 fully saturated rings. The molecule has 12 heavy (non-hydrogen) atoms. The number of nitrogens with zero attached hydrogens (tertiary/aromatic N) is 1. The normalized spacial score (nSPS) is 21.1. The Balaban J connectivity index is 2.26. The molecular weight excluding hydrogens is 164 g/mol. The first-order valence-corrected chi connectivity index (χ1v) is 3.57. The summed E-state index contributed by atoms with van der Waals surface area (Å²) in [4.78, 5) is 14.8. The molecule has 0 aromatic rings. The van der Waals surface area contributed by atoms with Gasteiger partial charge >= 0.3 is 6.09 Å². The number of carbonyl (C=O) groups is 1. The lowest BCUT2D eigenvalue weighted by Gasteiger charge is -2.05. The number of ether oxygens (including phenoxy) is 1. The minimum absolute atomic E-state index is 0.347. The minimum atomic E-state index is -1.13. The monoisotopic (exact) mass is 174 g/mol. The molecule has 6 nitrogen and oxygen atoms in total. The number of amides is 1. The molecular formula is C6H10N2O4. The van der Waals surface area contributed by atoms with Gasteiger partial charge in [-0.2, -0.15) is 0 Å². The van der Waals surface area contributed by atoms with Gasteiger partial charge in [-0.25, -0.2) is 4.79 Å². The van der Waals surface area contributed by atoms with Crippen LogP contribution in [0.25, 0.3) is 0 Å². The van der Waals surface area contributed by atoms with Gasteiger partial charge in [-0.3, -0.25) is 5.32 Å². The molecule has 1 heterocycles. The van der Waals surface area contributed by atoms with Crippen molar-refractivity contribution < 1.29 is 19.5 Å². The SMILES string of the molecule is CCOC1=NOC(NC(=O)O)C1. The van der Waals surface area contributed by atoms with Gasteiger partial charge in [-0.15, -0.1) is 0 Å². The van der Waals surface area contributed by atoms with E-state index >= 15 is 0 Å². The highest BCUT2D eigenvalue weighted by atomic mass is 16.7. The molecule has 0 bridgehead atoms. The average Bonchev–Trinajstić information content (AvgIpc) is 2.36. The van der Waals surface area contributed by atoms with Crippen LogP contribution in [0.4, 0.5) is 4.79 Å². The second kappa shape index (κ2) is 3.80. The summed E-state index contributed by atoms with van der Waals surface area (Å²) in [5, 5.41) is 14.0. The first-order valence-electron chi connectivity index (χ1n) is 3.57. The summed E-state index contributed by atoms with van der Waals surface area (Å²) in [6.45, 7) is 2.32. The number of carboxylic acid groups (broad SMARTS) is 1. The molecule has 0 aromatic heterocycles. The molecule has 0 saturated heterocycles. The molecule has 0 spiro atoms. The van der Waals surface area contributed by atoms with E-state index in [1.807, 2.05) is 6.92 Å². The van der Waals surface area contributed by atoms with Crippen LogP contribution >= 0.6 is 0 Å². The third kappa shape index (κ3) is 2.30. The van der Waals surface area contributed by atoms with Crippen LogP contribution in [0.1, 0.15) is 13.3 Å². The van der Waals surface area contributed by atoms with Gasteiger partial charge in [0.15, 0.2) is 0 Å². The maximum Gasteiger partial charge on any atom is 0.407 e. The molecule has 0 saturated carbocycles. The van der Waals surface area contributed by atoms with Crippen molar-refractivity contribution in [2.45, 2.75) is 19.6 Å². The van der Waals surface area contributed by atoms with Crippen molar-refractivity contribution in [3.05, 3.63) is 0 Å². The Bertz CT molecular complexity index is 204. The summed E-state index contributed by atoms with van der Waals surface area (Å²) in [6.07, 6.45) is -1.39. The number of hydrogen-bond acceptors (Lipinski definition) is 4. The predicted octanol–water partition coefficient (Wildman–Crippen LogP) is 0.350. The lowest BCUT2D eigenvalue weighted by Crippen LogP contribution is -2.33. The highest BCUT2D eigenvalue weighted by molar-refractivity contribution is 5.78. The Morgan fingerprint density at radius 2 is 2.75 bits per heavy atom. The van der Waals surface area contributed by atoms with Gasteiger partial charge in [0, 0.05) is 0 Å². The number of rotatable bonds is 2. The van der Waals surface area contributed by atoms with Gasteiger partial charge in [0.1, 0.15) is 0 Å². The third-order valence-electron chi connectivity index (χ3n) is 1.24. The molecule has 0 aliphatic carbocycles. The van der Waals surface area contributed by atoms with E-state index in [2.05, 4.69) is 10.5 Å². The van der Waals surface area contributed by atoms with Gasteiger partial charge in [0.25, 0.3) is 0 Å². The van der Waals surface area contributed by atoms with Crippen molar-refractivity contribution >= 4 is 12.0 Å². The summed E-state index contributed by atoms with van der Waals surface area (Å²) in [5.74, 6) is 0.427. The molecule has 1 rings (SSSR count). The van der Waals surface area contributed by atoms with Crippen LogP contribution in [0.3, 0.4) is 0 Å². The van der Waals surface area contributed by atoms with E-state index in [9.17, 15) is 4.79 Å². The van der Waals surface area contributed by atoms with Gasteiger partial charge in [0.2, 0.25) is 12.1 Å². The van der Waals surface area contributed by atoms with Crippen molar-refractivity contribution in [1.82, 2.24) is 5.32 Å². The topological polar surface area (TPSA) is 80.2 Å². The molecule has 1 unspecified atom stereocenters. The van der Waals surface area contributed by atoms with Crippen LogP contribution in [0.2, 0.25) is 0 Å². The third-order valence-corrected chi connectivity index (χ3v) is 1.24. The van der Waals surface area contributed by atoms with Gasteiger partial charge in [0.05, 0.1) is 13.0 Å². The summed E-state index contributed by atoms with van der Waals surface area (Å²) < 4.78 is 5.01. The molecule has 0 aromatic carbocycles. The first-order chi connectivity index (χ1) is 5.72. The summed E-state index contributed by atoms with van der Waals surface area (Å²) in [7, 11) is 0. The first kappa shape index (κ1) is 8.63. The van der Waals surface area contributed by atoms with E-state index in [4.69, 9.17) is 14.7 Å². The maximum atomic E-state index is 10.1. The van der Waals surface area contributed by atoms with Crippen molar-refractivity contribution in [2.24, 2.45) is 5.16 Å². The lowest BCUT2D eigenvalue weighted by molar-refractivity contribution is 0.0593. The Kier molecular flexibility index (Phi) is 2.73. The number of hydrogen-bond donors (Lipinski definition) is 2. The van der Waals surface area contributed by atoms with Gasteiger partial charge in [-0.05, 0) is 12.1 Å². The van der Waals surface area contributed by atoms with Crippen LogP contribution in [0.15, 0.2) is 5.16 Å². The molecule has 2 N–H and O–H groups in total. The predicted molar refractivity (Wildman–Crippen MR) is 39.7 cm³/mol. The molecule has 1 atom stereocenters. The zero-order chi connectivity index (χ0) is 8.97. The maximum absolute atomic E-state index is 10.1. The quantitative estimate of drug-likeness (QED) is 0.633. The fraction of sp³-hybridized carbons (Fsp3) is 0.667. The van der Waals surface area contributed by atoms with E-state index in [1.54, 1.807) is 0 Å². The van der Waals surface area contributed by atoms with Crippen LogP contribution in [0, 0.1) is 0 Å². The Morgan fingerprint density at radius 3 is 3.33 bits per heavy atom.